The largest absolute Gasteiger partial charge is 0.411 e. The first-order valence-corrected chi connectivity index (χ1v) is 6.42. The van der Waals surface area contributed by atoms with Crippen LogP contribution in [-0.4, -0.2) is 49.5 Å². The van der Waals surface area contributed by atoms with E-state index in [9.17, 15) is 0 Å². The van der Waals surface area contributed by atoms with Crippen molar-refractivity contribution in [2.24, 2.45) is 5.16 Å². The van der Waals surface area contributed by atoms with Gasteiger partial charge in [-0.15, -0.1) is 0 Å². The van der Waals surface area contributed by atoms with E-state index in [1.165, 1.54) is 5.69 Å². The Balaban J connectivity index is 2.10. The molecule has 0 radical (unpaired) electrons. The Kier molecular flexibility index (Phi) is 4.20. The number of nitrogens with zero attached hydrogens (tertiary/aromatic N) is 3. The molecule has 4 nitrogen and oxygen atoms in total. The highest BCUT2D eigenvalue weighted by Crippen LogP contribution is 2.27. The highest BCUT2D eigenvalue weighted by molar-refractivity contribution is 6.06. The van der Waals surface area contributed by atoms with Crippen molar-refractivity contribution in [1.82, 2.24) is 4.90 Å². The average Bonchev–Trinajstić information content (AvgIpc) is 2.38. The van der Waals surface area contributed by atoms with Gasteiger partial charge in [-0.25, -0.2) is 0 Å². The first-order chi connectivity index (χ1) is 8.72. The minimum absolute atomic E-state index is 0.800. The van der Waals surface area contributed by atoms with Crippen molar-refractivity contribution in [2.45, 2.75) is 12.8 Å². The summed E-state index contributed by atoms with van der Waals surface area (Å²) in [5.74, 6) is 0. The van der Waals surface area contributed by atoms with Gasteiger partial charge in [0.05, 0.1) is 5.71 Å². The van der Waals surface area contributed by atoms with Gasteiger partial charge in [-0.3, -0.25) is 0 Å². The van der Waals surface area contributed by atoms with E-state index in [1.54, 1.807) is 0 Å². The summed E-state index contributed by atoms with van der Waals surface area (Å²) >= 11 is 0. The molecule has 1 heterocycles. The molecule has 0 aromatic heterocycles. The molecule has 18 heavy (non-hydrogen) atoms. The summed E-state index contributed by atoms with van der Waals surface area (Å²) < 4.78 is 0. The van der Waals surface area contributed by atoms with E-state index in [-0.39, 0.29) is 0 Å². The van der Waals surface area contributed by atoms with Crippen molar-refractivity contribution >= 4 is 11.4 Å². The molecule has 0 bridgehead atoms. The Hall–Kier alpha value is -1.55. The number of hydrogen-bond donors (Lipinski definition) is 1. The number of fused-ring (bicyclic) bond motifs is 1. The molecule has 0 unspecified atom stereocenters. The van der Waals surface area contributed by atoms with Crippen LogP contribution in [0.25, 0.3) is 0 Å². The van der Waals surface area contributed by atoms with Gasteiger partial charge >= 0.3 is 0 Å². The second-order valence-electron chi connectivity index (χ2n) is 4.96. The molecule has 1 aliphatic rings. The highest BCUT2D eigenvalue weighted by Gasteiger charge is 2.20. The molecule has 0 saturated heterocycles. The number of rotatable bonds is 4. The lowest BCUT2D eigenvalue weighted by atomic mass is 9.99. The lowest BCUT2D eigenvalue weighted by molar-refractivity contribution is 0.317. The van der Waals surface area contributed by atoms with Crippen LogP contribution in [0.2, 0.25) is 0 Å². The fraction of sp³-hybridized carbons (Fsp3) is 0.500. The summed E-state index contributed by atoms with van der Waals surface area (Å²) in [7, 11) is 4.20. The lowest BCUT2D eigenvalue weighted by Crippen LogP contribution is -2.34. The van der Waals surface area contributed by atoms with E-state index >= 15 is 0 Å². The van der Waals surface area contributed by atoms with Gasteiger partial charge in [0.2, 0.25) is 0 Å². The second kappa shape index (κ2) is 5.87. The minimum Gasteiger partial charge on any atom is -0.411 e. The number of para-hydroxylation sites is 1. The van der Waals surface area contributed by atoms with E-state index in [2.05, 4.69) is 35.1 Å². The molecule has 98 valence electrons. The van der Waals surface area contributed by atoms with Crippen molar-refractivity contribution in [3.63, 3.8) is 0 Å². The van der Waals surface area contributed by atoms with Crippen molar-refractivity contribution in [2.75, 3.05) is 38.6 Å². The van der Waals surface area contributed by atoms with Crippen molar-refractivity contribution < 1.29 is 5.21 Å². The predicted molar refractivity (Wildman–Crippen MR) is 74.8 cm³/mol. The molecule has 4 heteroatoms. The van der Waals surface area contributed by atoms with Crippen LogP contribution < -0.4 is 4.90 Å². The number of anilines is 1. The monoisotopic (exact) mass is 247 g/mol. The van der Waals surface area contributed by atoms with Gasteiger partial charge in [0, 0.05) is 30.8 Å². The fourth-order valence-corrected chi connectivity index (χ4v) is 2.40. The van der Waals surface area contributed by atoms with Gasteiger partial charge in [-0.05, 0) is 33.1 Å². The topological polar surface area (TPSA) is 39.1 Å². The van der Waals surface area contributed by atoms with Crippen LogP contribution in [0.3, 0.4) is 0 Å². The summed E-state index contributed by atoms with van der Waals surface area (Å²) in [6.45, 7) is 3.08. The Labute approximate surface area is 109 Å². The molecule has 1 N–H and O–H groups in total. The molecule has 0 saturated carbocycles. The Morgan fingerprint density at radius 2 is 2.11 bits per heavy atom. The Morgan fingerprint density at radius 1 is 1.33 bits per heavy atom. The Morgan fingerprint density at radius 3 is 2.83 bits per heavy atom. The predicted octanol–water partition coefficient (Wildman–Crippen LogP) is 2.03. The third-order valence-corrected chi connectivity index (χ3v) is 3.33. The number of hydrogen-bond acceptors (Lipinski definition) is 4. The summed E-state index contributed by atoms with van der Waals surface area (Å²) in [6, 6.07) is 8.17. The van der Waals surface area contributed by atoms with Gasteiger partial charge in [0.25, 0.3) is 0 Å². The number of oxime groups is 1. The third kappa shape index (κ3) is 2.82. The average molecular weight is 247 g/mol. The summed E-state index contributed by atoms with van der Waals surface area (Å²) in [6.07, 6.45) is 1.96. The molecular formula is C14H21N3O. The van der Waals surface area contributed by atoms with Crippen molar-refractivity contribution in [3.8, 4) is 0 Å². The first-order valence-electron chi connectivity index (χ1n) is 6.42. The molecule has 0 aliphatic carbocycles. The molecule has 1 aromatic carbocycles. The smallest absolute Gasteiger partial charge is 0.0906 e. The zero-order valence-corrected chi connectivity index (χ0v) is 11.1. The first kappa shape index (κ1) is 12.9. The van der Waals surface area contributed by atoms with Crippen LogP contribution >= 0.6 is 0 Å². The van der Waals surface area contributed by atoms with Crippen LogP contribution in [-0.2, 0) is 0 Å². The summed E-state index contributed by atoms with van der Waals surface area (Å²) in [5, 5.41) is 12.4. The van der Waals surface area contributed by atoms with Gasteiger partial charge in [0.15, 0.2) is 0 Å². The summed E-state index contributed by atoms with van der Waals surface area (Å²) in [5.41, 5.74) is 3.06. The zero-order valence-electron chi connectivity index (χ0n) is 11.1. The molecule has 0 amide bonds. The highest BCUT2D eigenvalue weighted by atomic mass is 16.4. The van der Waals surface area contributed by atoms with Crippen molar-refractivity contribution in [3.05, 3.63) is 29.8 Å². The molecule has 0 atom stereocenters. The van der Waals surface area contributed by atoms with Gasteiger partial charge < -0.3 is 15.0 Å². The molecular weight excluding hydrogens is 226 g/mol. The maximum absolute atomic E-state index is 9.04. The summed E-state index contributed by atoms with van der Waals surface area (Å²) in [4.78, 5) is 4.59. The molecule has 2 rings (SSSR count). The van der Waals surface area contributed by atoms with E-state index in [1.807, 2.05) is 18.2 Å². The maximum atomic E-state index is 9.04. The van der Waals surface area contributed by atoms with Crippen LogP contribution in [0, 0.1) is 0 Å². The van der Waals surface area contributed by atoms with Crippen LogP contribution in [0.4, 0.5) is 5.69 Å². The van der Waals surface area contributed by atoms with E-state index < -0.39 is 0 Å². The molecule has 1 aliphatic heterocycles. The van der Waals surface area contributed by atoms with E-state index in [0.29, 0.717) is 0 Å². The quantitative estimate of drug-likeness (QED) is 0.653. The molecule has 1 aromatic rings. The standard InChI is InChI=1S/C14H21N3O/c1-16(2)9-5-10-17-11-8-13(15-18)12-6-3-4-7-14(12)17/h3-4,6-7,18H,5,8-11H2,1-2H3/b15-13-. The fourth-order valence-electron chi connectivity index (χ4n) is 2.40. The maximum Gasteiger partial charge on any atom is 0.0906 e. The van der Waals surface area contributed by atoms with Crippen LogP contribution in [0.5, 0.6) is 0 Å². The van der Waals surface area contributed by atoms with Crippen LogP contribution in [0.1, 0.15) is 18.4 Å². The van der Waals surface area contributed by atoms with E-state index in [0.717, 1.165) is 43.8 Å². The Bertz CT molecular complexity index is 429. The van der Waals surface area contributed by atoms with Gasteiger partial charge in [-0.1, -0.05) is 23.4 Å². The van der Waals surface area contributed by atoms with Crippen LogP contribution in [0.15, 0.2) is 29.4 Å². The number of benzene rings is 1. The second-order valence-corrected chi connectivity index (χ2v) is 4.96. The SMILES string of the molecule is CN(C)CCCN1CC/C(=N/O)c2ccccc21. The molecule has 0 fully saturated rings. The van der Waals surface area contributed by atoms with Crippen molar-refractivity contribution in [1.29, 1.82) is 0 Å². The third-order valence-electron chi connectivity index (χ3n) is 3.33. The lowest BCUT2D eigenvalue weighted by Gasteiger charge is -2.31. The zero-order chi connectivity index (χ0) is 13.0. The normalized spacial score (nSPS) is 17.3. The molecule has 0 spiro atoms. The van der Waals surface area contributed by atoms with E-state index in [4.69, 9.17) is 5.21 Å². The van der Waals surface area contributed by atoms with Gasteiger partial charge in [0.1, 0.15) is 0 Å². The van der Waals surface area contributed by atoms with Gasteiger partial charge in [-0.2, -0.15) is 0 Å². The minimum atomic E-state index is 0.800.